The Bertz CT molecular complexity index is 786. The number of hydrogen-bond acceptors (Lipinski definition) is 5. The predicted octanol–water partition coefficient (Wildman–Crippen LogP) is 2.95. The van der Waals surface area contributed by atoms with Gasteiger partial charge in [0.25, 0.3) is 0 Å². The summed E-state index contributed by atoms with van der Waals surface area (Å²) < 4.78 is 1.66. The number of aryl methyl sites for hydroxylation is 1. The first-order valence-corrected chi connectivity index (χ1v) is 7.79. The number of carbonyl (C=O) groups excluding carboxylic acids is 1. The van der Waals surface area contributed by atoms with Gasteiger partial charge in [0.2, 0.25) is 5.16 Å². The van der Waals surface area contributed by atoms with Crippen LogP contribution in [0.2, 0.25) is 0 Å². The Kier molecular flexibility index (Phi) is 4.29. The lowest BCUT2D eigenvalue weighted by molar-refractivity contribution is 0.102. The predicted molar refractivity (Wildman–Crippen MR) is 85.4 cm³/mol. The van der Waals surface area contributed by atoms with Crippen LogP contribution in [0, 0.1) is 6.92 Å². The lowest BCUT2D eigenvalue weighted by atomic mass is 10.2. The molecular formula is C16H14N4OS. The molecule has 0 bridgehead atoms. The number of hydrogen-bond donors (Lipinski definition) is 0. The van der Waals surface area contributed by atoms with E-state index < -0.39 is 0 Å². The first-order chi connectivity index (χ1) is 10.8. The van der Waals surface area contributed by atoms with Crippen molar-refractivity contribution in [1.82, 2.24) is 20.2 Å². The third-order valence-electron chi connectivity index (χ3n) is 3.21. The molecule has 3 aromatic rings. The van der Waals surface area contributed by atoms with Crippen LogP contribution in [0.25, 0.3) is 5.69 Å². The molecule has 0 unspecified atom stereocenters. The van der Waals surface area contributed by atoms with Crippen molar-refractivity contribution in [2.24, 2.45) is 0 Å². The summed E-state index contributed by atoms with van der Waals surface area (Å²) in [7, 11) is 0. The summed E-state index contributed by atoms with van der Waals surface area (Å²) in [6.07, 6.45) is 0. The maximum absolute atomic E-state index is 12.2. The van der Waals surface area contributed by atoms with E-state index in [9.17, 15) is 4.79 Å². The Labute approximate surface area is 132 Å². The molecule has 3 rings (SSSR count). The lowest BCUT2D eigenvalue weighted by Gasteiger charge is -2.06. The van der Waals surface area contributed by atoms with Gasteiger partial charge in [-0.2, -0.15) is 4.68 Å². The molecule has 1 heterocycles. The summed E-state index contributed by atoms with van der Waals surface area (Å²) in [5.41, 5.74) is 2.69. The number of tetrazole rings is 1. The van der Waals surface area contributed by atoms with Crippen LogP contribution in [0.1, 0.15) is 15.9 Å². The molecular weight excluding hydrogens is 296 g/mol. The first kappa shape index (κ1) is 14.5. The first-order valence-electron chi connectivity index (χ1n) is 6.81. The number of thioether (sulfide) groups is 1. The van der Waals surface area contributed by atoms with E-state index in [1.165, 1.54) is 11.8 Å². The molecule has 0 aliphatic carbocycles. The Hall–Kier alpha value is -2.47. The van der Waals surface area contributed by atoms with Crippen LogP contribution in [-0.4, -0.2) is 31.7 Å². The Morgan fingerprint density at radius 2 is 1.82 bits per heavy atom. The van der Waals surface area contributed by atoms with Gasteiger partial charge in [0.1, 0.15) is 0 Å². The van der Waals surface area contributed by atoms with Gasteiger partial charge in [0.15, 0.2) is 5.78 Å². The van der Waals surface area contributed by atoms with Crippen LogP contribution in [0.3, 0.4) is 0 Å². The summed E-state index contributed by atoms with van der Waals surface area (Å²) in [6, 6.07) is 17.1. The van der Waals surface area contributed by atoms with Crippen molar-refractivity contribution >= 4 is 17.5 Å². The molecule has 0 atom stereocenters. The fourth-order valence-corrected chi connectivity index (χ4v) is 2.84. The van der Waals surface area contributed by atoms with Crippen molar-refractivity contribution in [2.45, 2.75) is 12.1 Å². The Morgan fingerprint density at radius 1 is 1.09 bits per heavy atom. The van der Waals surface area contributed by atoms with Gasteiger partial charge < -0.3 is 0 Å². The average Bonchev–Trinajstić information content (AvgIpc) is 3.02. The van der Waals surface area contributed by atoms with Crippen molar-refractivity contribution < 1.29 is 4.79 Å². The van der Waals surface area contributed by atoms with E-state index in [4.69, 9.17) is 0 Å². The van der Waals surface area contributed by atoms with Gasteiger partial charge in [-0.05, 0) is 29.0 Å². The molecule has 6 heteroatoms. The zero-order chi connectivity index (χ0) is 15.4. The SMILES string of the molecule is Cc1ccccc1-n1nnnc1SCC(=O)c1ccccc1. The molecule has 0 saturated carbocycles. The molecule has 0 amide bonds. The highest BCUT2D eigenvalue weighted by Crippen LogP contribution is 2.21. The maximum atomic E-state index is 12.2. The van der Waals surface area contributed by atoms with Crippen LogP contribution in [0.5, 0.6) is 0 Å². The van der Waals surface area contributed by atoms with Gasteiger partial charge in [-0.1, -0.05) is 60.3 Å². The van der Waals surface area contributed by atoms with Gasteiger partial charge in [-0.3, -0.25) is 4.79 Å². The minimum atomic E-state index is 0.0601. The highest BCUT2D eigenvalue weighted by molar-refractivity contribution is 7.99. The molecule has 0 fully saturated rings. The van der Waals surface area contributed by atoms with E-state index in [0.29, 0.717) is 16.5 Å². The van der Waals surface area contributed by atoms with E-state index in [1.54, 1.807) is 4.68 Å². The minimum Gasteiger partial charge on any atom is -0.293 e. The second kappa shape index (κ2) is 6.53. The van der Waals surface area contributed by atoms with Crippen molar-refractivity contribution in [1.29, 1.82) is 0 Å². The van der Waals surface area contributed by atoms with Gasteiger partial charge in [-0.15, -0.1) is 5.10 Å². The van der Waals surface area contributed by atoms with E-state index >= 15 is 0 Å². The molecule has 0 saturated heterocycles. The molecule has 0 aliphatic rings. The topological polar surface area (TPSA) is 60.7 Å². The van der Waals surface area contributed by atoms with E-state index in [-0.39, 0.29) is 5.78 Å². The molecule has 0 radical (unpaired) electrons. The summed E-state index contributed by atoms with van der Waals surface area (Å²) in [6.45, 7) is 2.00. The summed E-state index contributed by atoms with van der Waals surface area (Å²) in [4.78, 5) is 12.2. The van der Waals surface area contributed by atoms with Gasteiger partial charge >= 0.3 is 0 Å². The third kappa shape index (κ3) is 3.07. The molecule has 5 nitrogen and oxygen atoms in total. The Balaban J connectivity index is 1.77. The Morgan fingerprint density at radius 3 is 2.59 bits per heavy atom. The monoisotopic (exact) mass is 310 g/mol. The average molecular weight is 310 g/mol. The van der Waals surface area contributed by atoms with Crippen molar-refractivity contribution in [3.63, 3.8) is 0 Å². The quantitative estimate of drug-likeness (QED) is 0.535. The smallest absolute Gasteiger partial charge is 0.214 e. The molecule has 0 spiro atoms. The second-order valence-corrected chi connectivity index (χ2v) is 5.68. The number of Topliss-reactive ketones (excluding diaryl/α,β-unsaturated/α-hetero) is 1. The number of carbonyl (C=O) groups is 1. The third-order valence-corrected chi connectivity index (χ3v) is 4.13. The van der Waals surface area contributed by atoms with Crippen LogP contribution in [-0.2, 0) is 0 Å². The van der Waals surface area contributed by atoms with E-state index in [2.05, 4.69) is 15.5 Å². The van der Waals surface area contributed by atoms with Crippen molar-refractivity contribution in [2.75, 3.05) is 5.75 Å². The number of aromatic nitrogens is 4. The van der Waals surface area contributed by atoms with Crippen LogP contribution >= 0.6 is 11.8 Å². The molecule has 110 valence electrons. The highest BCUT2D eigenvalue weighted by atomic mass is 32.2. The normalized spacial score (nSPS) is 10.6. The van der Waals surface area contributed by atoms with Crippen molar-refractivity contribution in [3.8, 4) is 5.69 Å². The number of ketones is 1. The fourth-order valence-electron chi connectivity index (χ4n) is 2.06. The van der Waals surface area contributed by atoms with Crippen molar-refractivity contribution in [3.05, 3.63) is 65.7 Å². The zero-order valence-corrected chi connectivity index (χ0v) is 12.8. The second-order valence-electron chi connectivity index (χ2n) is 4.74. The molecule has 0 N–H and O–H groups in total. The lowest BCUT2D eigenvalue weighted by Crippen LogP contribution is -2.05. The number of para-hydroxylation sites is 1. The molecule has 2 aromatic carbocycles. The van der Waals surface area contributed by atoms with E-state index in [0.717, 1.165) is 11.3 Å². The van der Waals surface area contributed by atoms with Gasteiger partial charge in [-0.25, -0.2) is 0 Å². The van der Waals surface area contributed by atoms with Gasteiger partial charge in [0, 0.05) is 5.56 Å². The fraction of sp³-hybridized carbons (Fsp3) is 0.125. The summed E-state index contributed by atoms with van der Waals surface area (Å²) in [5.74, 6) is 0.362. The largest absolute Gasteiger partial charge is 0.293 e. The minimum absolute atomic E-state index is 0.0601. The van der Waals surface area contributed by atoms with Crippen LogP contribution in [0.15, 0.2) is 59.8 Å². The number of nitrogens with zero attached hydrogens (tertiary/aromatic N) is 4. The zero-order valence-electron chi connectivity index (χ0n) is 12.0. The van der Waals surface area contributed by atoms with Gasteiger partial charge in [0.05, 0.1) is 11.4 Å². The number of benzene rings is 2. The standard InChI is InChI=1S/C16H14N4OS/c1-12-7-5-6-10-14(12)20-16(17-18-19-20)22-11-15(21)13-8-3-2-4-9-13/h2-10H,11H2,1H3. The maximum Gasteiger partial charge on any atom is 0.214 e. The van der Waals surface area contributed by atoms with Crippen LogP contribution in [0.4, 0.5) is 0 Å². The highest BCUT2D eigenvalue weighted by Gasteiger charge is 2.13. The molecule has 22 heavy (non-hydrogen) atoms. The summed E-state index contributed by atoms with van der Waals surface area (Å²) >= 11 is 1.34. The summed E-state index contributed by atoms with van der Waals surface area (Å²) in [5, 5.41) is 12.4. The van der Waals surface area contributed by atoms with E-state index in [1.807, 2.05) is 61.5 Å². The van der Waals surface area contributed by atoms with Crippen LogP contribution < -0.4 is 0 Å². The molecule has 0 aliphatic heterocycles. The molecule has 1 aromatic heterocycles. The number of rotatable bonds is 5.